The zero-order valence-electron chi connectivity index (χ0n) is 17.4. The first-order valence-corrected chi connectivity index (χ1v) is 10.4. The van der Waals surface area contributed by atoms with Gasteiger partial charge in [0.15, 0.2) is 0 Å². The van der Waals surface area contributed by atoms with Crippen LogP contribution < -0.4 is 5.43 Å². The van der Waals surface area contributed by atoms with Gasteiger partial charge < -0.3 is 0 Å². The second-order valence-corrected chi connectivity index (χ2v) is 7.39. The molecular formula is C24H19N7O2. The SMILES string of the molecule is O=C1CC(c2ccccc2)=NN1N=NN1NC(=Nc2ccccc2)C(c2ccccc2)C1=O. The average Bonchev–Trinajstić information content (AvgIpc) is 3.38. The van der Waals surface area contributed by atoms with Crippen molar-refractivity contribution in [3.8, 4) is 0 Å². The minimum absolute atomic E-state index is 0.109. The lowest BCUT2D eigenvalue weighted by Crippen LogP contribution is -2.31. The van der Waals surface area contributed by atoms with Gasteiger partial charge in [-0.1, -0.05) is 84.0 Å². The number of hydrogen-bond acceptors (Lipinski definition) is 6. The molecule has 2 heterocycles. The number of nitrogens with one attached hydrogen (secondary N) is 1. The second kappa shape index (κ2) is 8.83. The zero-order valence-corrected chi connectivity index (χ0v) is 17.4. The van der Waals surface area contributed by atoms with E-state index in [9.17, 15) is 9.59 Å². The van der Waals surface area contributed by atoms with Crippen molar-refractivity contribution in [2.75, 3.05) is 0 Å². The zero-order chi connectivity index (χ0) is 22.6. The van der Waals surface area contributed by atoms with Crippen LogP contribution in [0.1, 0.15) is 23.5 Å². The van der Waals surface area contributed by atoms with E-state index < -0.39 is 5.92 Å². The van der Waals surface area contributed by atoms with Crippen LogP contribution in [0.25, 0.3) is 0 Å². The minimum Gasteiger partial charge on any atom is -0.270 e. The Morgan fingerprint density at radius 2 is 1.45 bits per heavy atom. The summed E-state index contributed by atoms with van der Waals surface area (Å²) in [5.74, 6) is -0.957. The van der Waals surface area contributed by atoms with Crippen molar-refractivity contribution in [1.29, 1.82) is 0 Å². The Kier molecular flexibility index (Phi) is 5.42. The highest BCUT2D eigenvalue weighted by molar-refractivity contribution is 6.14. The third kappa shape index (κ3) is 4.24. The predicted octanol–water partition coefficient (Wildman–Crippen LogP) is 3.77. The highest BCUT2D eigenvalue weighted by Gasteiger charge is 2.39. The van der Waals surface area contributed by atoms with Gasteiger partial charge in [-0.2, -0.15) is 0 Å². The Hall–Kier alpha value is -4.66. The van der Waals surface area contributed by atoms with E-state index in [4.69, 9.17) is 0 Å². The van der Waals surface area contributed by atoms with Crippen LogP contribution in [-0.2, 0) is 9.59 Å². The molecule has 0 aromatic heterocycles. The van der Waals surface area contributed by atoms with E-state index in [1.807, 2.05) is 91.0 Å². The Bertz CT molecular complexity index is 1260. The molecule has 162 valence electrons. The Morgan fingerprint density at radius 1 is 0.818 bits per heavy atom. The number of nitrogens with zero attached hydrogens (tertiary/aromatic N) is 6. The van der Waals surface area contributed by atoms with Crippen LogP contribution in [-0.4, -0.2) is 33.6 Å². The normalized spacial score (nSPS) is 19.5. The fraction of sp³-hybridized carbons (Fsp3) is 0.0833. The van der Waals surface area contributed by atoms with Gasteiger partial charge in [0.1, 0.15) is 11.8 Å². The van der Waals surface area contributed by atoms with E-state index in [1.54, 1.807) is 0 Å². The summed E-state index contributed by atoms with van der Waals surface area (Å²) in [6, 6.07) is 28.0. The van der Waals surface area contributed by atoms with E-state index in [-0.39, 0.29) is 18.2 Å². The summed E-state index contributed by atoms with van der Waals surface area (Å²) >= 11 is 0. The molecule has 2 aliphatic heterocycles. The number of aliphatic imine (C=N–C) groups is 1. The van der Waals surface area contributed by atoms with Crippen molar-refractivity contribution in [3.63, 3.8) is 0 Å². The van der Waals surface area contributed by atoms with Crippen molar-refractivity contribution in [2.45, 2.75) is 12.3 Å². The van der Waals surface area contributed by atoms with E-state index in [2.05, 4.69) is 26.0 Å². The fourth-order valence-electron chi connectivity index (χ4n) is 3.57. The van der Waals surface area contributed by atoms with Gasteiger partial charge in [-0.3, -0.25) is 15.0 Å². The molecule has 1 N–H and O–H groups in total. The second-order valence-electron chi connectivity index (χ2n) is 7.39. The quantitative estimate of drug-likeness (QED) is 0.615. The molecule has 0 saturated carbocycles. The molecule has 0 radical (unpaired) electrons. The Morgan fingerprint density at radius 3 is 2.15 bits per heavy atom. The van der Waals surface area contributed by atoms with Gasteiger partial charge in [-0.25, -0.2) is 4.99 Å². The first kappa shape index (κ1) is 20.3. The highest BCUT2D eigenvalue weighted by Crippen LogP contribution is 2.27. The molecule has 2 amide bonds. The number of carbonyl (C=O) groups excluding carboxylic acids is 2. The van der Waals surface area contributed by atoms with Crippen LogP contribution in [0, 0.1) is 0 Å². The molecule has 9 nitrogen and oxygen atoms in total. The summed E-state index contributed by atoms with van der Waals surface area (Å²) in [4.78, 5) is 30.1. The number of rotatable bonds is 5. The molecule has 0 spiro atoms. The molecule has 5 rings (SSSR count). The maximum Gasteiger partial charge on any atom is 0.279 e. The van der Waals surface area contributed by atoms with E-state index in [0.29, 0.717) is 17.2 Å². The van der Waals surface area contributed by atoms with Gasteiger partial charge >= 0.3 is 0 Å². The van der Waals surface area contributed by atoms with Gasteiger partial charge in [-0.05, 0) is 33.7 Å². The molecule has 1 fully saturated rings. The summed E-state index contributed by atoms with van der Waals surface area (Å²) in [6.45, 7) is 0. The maximum atomic E-state index is 13.2. The number of hydrazone groups is 1. The topological polar surface area (TPSA) is 102 Å². The summed E-state index contributed by atoms with van der Waals surface area (Å²) < 4.78 is 0. The molecule has 9 heteroatoms. The largest absolute Gasteiger partial charge is 0.279 e. The minimum atomic E-state index is -0.678. The molecule has 3 aromatic carbocycles. The third-order valence-corrected chi connectivity index (χ3v) is 5.17. The van der Waals surface area contributed by atoms with E-state index >= 15 is 0 Å². The van der Waals surface area contributed by atoms with Gasteiger partial charge in [0.25, 0.3) is 11.8 Å². The van der Waals surface area contributed by atoms with Crippen LogP contribution >= 0.6 is 0 Å². The van der Waals surface area contributed by atoms with E-state index in [0.717, 1.165) is 21.4 Å². The number of hydrazine groups is 1. The Labute approximate surface area is 189 Å². The van der Waals surface area contributed by atoms with Crippen molar-refractivity contribution < 1.29 is 9.59 Å². The van der Waals surface area contributed by atoms with Crippen LogP contribution in [0.2, 0.25) is 0 Å². The van der Waals surface area contributed by atoms with E-state index in [1.165, 1.54) is 0 Å². The lowest BCUT2D eigenvalue weighted by molar-refractivity contribution is -0.134. The lowest BCUT2D eigenvalue weighted by Gasteiger charge is -2.08. The molecule has 33 heavy (non-hydrogen) atoms. The molecule has 2 aliphatic rings. The van der Waals surface area contributed by atoms with Crippen LogP contribution in [0.3, 0.4) is 0 Å². The first-order valence-electron chi connectivity index (χ1n) is 10.4. The summed E-state index contributed by atoms with van der Waals surface area (Å²) in [6.07, 6.45) is 0.109. The average molecular weight is 437 g/mol. The van der Waals surface area contributed by atoms with Gasteiger partial charge in [-0.15, -0.1) is 10.2 Å². The molecule has 3 aromatic rings. The first-order chi connectivity index (χ1) is 16.2. The van der Waals surface area contributed by atoms with Crippen molar-refractivity contribution >= 4 is 29.0 Å². The number of para-hydroxylation sites is 1. The van der Waals surface area contributed by atoms with Crippen molar-refractivity contribution in [1.82, 2.24) is 15.7 Å². The monoisotopic (exact) mass is 437 g/mol. The predicted molar refractivity (Wildman–Crippen MR) is 122 cm³/mol. The number of amidine groups is 1. The molecule has 0 aliphatic carbocycles. The summed E-state index contributed by atoms with van der Waals surface area (Å²) in [5.41, 5.74) is 5.79. The molecular weight excluding hydrogens is 418 g/mol. The van der Waals surface area contributed by atoms with Crippen LogP contribution in [0.4, 0.5) is 5.69 Å². The van der Waals surface area contributed by atoms with Crippen molar-refractivity contribution in [3.05, 3.63) is 102 Å². The lowest BCUT2D eigenvalue weighted by atomic mass is 9.98. The summed E-state index contributed by atoms with van der Waals surface area (Å²) in [5, 5.41) is 14.0. The number of carbonyl (C=O) groups is 2. The van der Waals surface area contributed by atoms with Gasteiger partial charge in [0.2, 0.25) is 0 Å². The molecule has 1 unspecified atom stereocenters. The van der Waals surface area contributed by atoms with Gasteiger partial charge in [0.05, 0.1) is 17.8 Å². The Balaban J connectivity index is 1.41. The standard InChI is InChI=1S/C24H19N7O2/c32-21-16-20(17-10-4-1-5-11-17)26-30(21)28-29-31-24(33)22(18-12-6-2-7-13-18)23(27-31)25-19-14-8-3-9-15-19/h1-15,22H,16H2,(H,25,27). The number of amides is 2. The molecule has 1 saturated heterocycles. The van der Waals surface area contributed by atoms with Gasteiger partial charge in [0, 0.05) is 0 Å². The molecule has 0 bridgehead atoms. The van der Waals surface area contributed by atoms with Crippen molar-refractivity contribution in [2.24, 2.45) is 20.5 Å². The fourth-order valence-corrected chi connectivity index (χ4v) is 3.57. The summed E-state index contributed by atoms with van der Waals surface area (Å²) in [7, 11) is 0. The smallest absolute Gasteiger partial charge is 0.270 e. The third-order valence-electron chi connectivity index (χ3n) is 5.17. The number of hydrogen-bond donors (Lipinski definition) is 1. The van der Waals surface area contributed by atoms with Crippen LogP contribution in [0.5, 0.6) is 0 Å². The highest BCUT2D eigenvalue weighted by atomic mass is 16.2. The van der Waals surface area contributed by atoms with Crippen LogP contribution in [0.15, 0.2) is 112 Å². The molecule has 1 atom stereocenters. The number of benzene rings is 3. The maximum absolute atomic E-state index is 13.2.